The molecule has 0 aliphatic heterocycles. The van der Waals surface area contributed by atoms with Crippen LogP contribution in [0.4, 0.5) is 0 Å². The highest BCUT2D eigenvalue weighted by molar-refractivity contribution is 9.10. The predicted octanol–water partition coefficient (Wildman–Crippen LogP) is 3.17. The van der Waals surface area contributed by atoms with Crippen LogP contribution >= 0.6 is 27.7 Å². The van der Waals surface area contributed by atoms with Gasteiger partial charge in [0.05, 0.1) is 0 Å². The van der Waals surface area contributed by atoms with Crippen molar-refractivity contribution in [1.29, 1.82) is 0 Å². The molecule has 18 heavy (non-hydrogen) atoms. The number of nitrogens with zero attached hydrogens (tertiary/aromatic N) is 3. The van der Waals surface area contributed by atoms with Crippen LogP contribution in [0, 0.1) is 0 Å². The van der Waals surface area contributed by atoms with Gasteiger partial charge in [-0.05, 0) is 17.7 Å². The molecule has 0 saturated carbocycles. The maximum atomic E-state index is 5.96. The monoisotopic (exact) mass is 326 g/mol. The van der Waals surface area contributed by atoms with Crippen molar-refractivity contribution in [3.8, 4) is 0 Å². The largest absolute Gasteiger partial charge is 0.336 e. The Bertz CT molecular complexity index is 521. The minimum absolute atomic E-state index is 0.282. The molecule has 0 atom stereocenters. The topological polar surface area (TPSA) is 56.7 Å². The summed E-state index contributed by atoms with van der Waals surface area (Å²) in [5.74, 6) is 7.89. The maximum Gasteiger partial charge on any atom is 0.210 e. The molecule has 0 radical (unpaired) electrons. The fraction of sp³-hybridized carbons (Fsp3) is 0.333. The van der Waals surface area contributed by atoms with Crippen LogP contribution in [-0.2, 0) is 5.75 Å². The molecule has 1 aromatic heterocycles. The zero-order chi connectivity index (χ0) is 13.1. The van der Waals surface area contributed by atoms with Gasteiger partial charge in [0.2, 0.25) is 5.16 Å². The number of nitrogens with two attached hydrogens (primary N) is 1. The first-order chi connectivity index (χ1) is 8.58. The molecule has 2 N–H and O–H groups in total. The first-order valence-corrected chi connectivity index (χ1v) is 7.43. The second kappa shape index (κ2) is 5.75. The van der Waals surface area contributed by atoms with E-state index in [1.807, 2.05) is 12.1 Å². The molecule has 6 heteroatoms. The van der Waals surface area contributed by atoms with Crippen LogP contribution in [0.25, 0.3) is 0 Å². The van der Waals surface area contributed by atoms with E-state index < -0.39 is 0 Å². The molecular weight excluding hydrogens is 312 g/mol. The maximum absolute atomic E-state index is 5.96. The van der Waals surface area contributed by atoms with Crippen LogP contribution in [0.5, 0.6) is 0 Å². The summed E-state index contributed by atoms with van der Waals surface area (Å²) >= 11 is 5.01. The summed E-state index contributed by atoms with van der Waals surface area (Å²) < 4.78 is 2.66. The Kier molecular flexibility index (Phi) is 4.29. The van der Waals surface area contributed by atoms with Crippen molar-refractivity contribution >= 4 is 27.7 Å². The number of hydrogen-bond donors (Lipinski definition) is 1. The summed E-state index contributed by atoms with van der Waals surface area (Å²) in [6, 6.07) is 8.22. The van der Waals surface area contributed by atoms with E-state index in [4.69, 9.17) is 5.84 Å². The standard InChI is InChI=1S/C12H15BrN4S/c1-8(2)11-15-16-12(17(11)14)18-7-9-3-5-10(13)6-4-9/h3-6,8H,7,14H2,1-2H3. The summed E-state index contributed by atoms with van der Waals surface area (Å²) in [4.78, 5) is 0. The van der Waals surface area contributed by atoms with Gasteiger partial charge < -0.3 is 5.84 Å². The normalized spacial score (nSPS) is 11.1. The average Bonchev–Trinajstić information content (AvgIpc) is 2.70. The third-order valence-corrected chi connectivity index (χ3v) is 4.03. The fourth-order valence-corrected chi connectivity index (χ4v) is 2.59. The van der Waals surface area contributed by atoms with Gasteiger partial charge in [-0.25, -0.2) is 4.68 Å². The molecule has 0 aliphatic carbocycles. The Hall–Kier alpha value is -1.01. The molecule has 1 heterocycles. The lowest BCUT2D eigenvalue weighted by atomic mass is 10.2. The number of hydrogen-bond acceptors (Lipinski definition) is 4. The third-order valence-electron chi connectivity index (χ3n) is 2.49. The smallest absolute Gasteiger partial charge is 0.210 e. The Morgan fingerprint density at radius 2 is 1.94 bits per heavy atom. The lowest BCUT2D eigenvalue weighted by Crippen LogP contribution is -2.14. The molecule has 4 nitrogen and oxygen atoms in total. The predicted molar refractivity (Wildman–Crippen MR) is 78.0 cm³/mol. The van der Waals surface area contributed by atoms with E-state index in [0.717, 1.165) is 21.2 Å². The summed E-state index contributed by atoms with van der Waals surface area (Å²) in [5.41, 5.74) is 1.23. The second-order valence-electron chi connectivity index (χ2n) is 4.28. The molecule has 0 bridgehead atoms. The van der Waals surface area contributed by atoms with Crippen LogP contribution in [-0.4, -0.2) is 14.9 Å². The van der Waals surface area contributed by atoms with E-state index >= 15 is 0 Å². The Balaban J connectivity index is 2.04. The molecule has 0 aliphatic rings. The van der Waals surface area contributed by atoms with E-state index in [9.17, 15) is 0 Å². The molecule has 0 saturated heterocycles. The van der Waals surface area contributed by atoms with Crippen molar-refractivity contribution < 1.29 is 0 Å². The van der Waals surface area contributed by atoms with E-state index in [0.29, 0.717) is 0 Å². The lowest BCUT2D eigenvalue weighted by Gasteiger charge is -2.05. The lowest BCUT2D eigenvalue weighted by molar-refractivity contribution is 0.712. The van der Waals surface area contributed by atoms with E-state index in [1.54, 1.807) is 16.4 Å². The highest BCUT2D eigenvalue weighted by atomic mass is 79.9. The number of rotatable bonds is 4. The van der Waals surface area contributed by atoms with Gasteiger partial charge in [-0.2, -0.15) is 0 Å². The molecule has 2 rings (SSSR count). The highest BCUT2D eigenvalue weighted by Crippen LogP contribution is 2.23. The van der Waals surface area contributed by atoms with Crippen molar-refractivity contribution in [1.82, 2.24) is 14.9 Å². The van der Waals surface area contributed by atoms with Gasteiger partial charge in [0.25, 0.3) is 0 Å². The Labute approximate surface area is 119 Å². The Morgan fingerprint density at radius 1 is 1.28 bits per heavy atom. The fourth-order valence-electron chi connectivity index (χ4n) is 1.51. The summed E-state index contributed by atoms with van der Waals surface area (Å²) in [7, 11) is 0. The third kappa shape index (κ3) is 3.05. The van der Waals surface area contributed by atoms with Gasteiger partial charge in [0.15, 0.2) is 5.82 Å². The zero-order valence-electron chi connectivity index (χ0n) is 10.3. The van der Waals surface area contributed by atoms with Crippen LogP contribution in [0.2, 0.25) is 0 Å². The minimum Gasteiger partial charge on any atom is -0.336 e. The van der Waals surface area contributed by atoms with E-state index in [2.05, 4.69) is 52.1 Å². The first kappa shape index (κ1) is 13.4. The SMILES string of the molecule is CC(C)c1nnc(SCc2ccc(Br)cc2)n1N. The molecule has 0 unspecified atom stereocenters. The molecule has 0 spiro atoms. The molecule has 1 aromatic carbocycles. The summed E-state index contributed by atoms with van der Waals surface area (Å²) in [5, 5.41) is 8.96. The Morgan fingerprint density at radius 3 is 2.50 bits per heavy atom. The molecule has 96 valence electrons. The zero-order valence-corrected chi connectivity index (χ0v) is 12.7. The summed E-state index contributed by atoms with van der Waals surface area (Å²) in [6.45, 7) is 4.10. The molecular formula is C12H15BrN4S. The van der Waals surface area contributed by atoms with E-state index in [1.165, 1.54) is 5.56 Å². The number of nitrogen functional groups attached to an aromatic ring is 1. The van der Waals surface area contributed by atoms with Crippen LogP contribution in [0.15, 0.2) is 33.9 Å². The van der Waals surface area contributed by atoms with Gasteiger partial charge in [-0.15, -0.1) is 10.2 Å². The molecule has 0 amide bonds. The van der Waals surface area contributed by atoms with Gasteiger partial charge in [-0.3, -0.25) is 0 Å². The molecule has 2 aromatic rings. The summed E-state index contributed by atoms with van der Waals surface area (Å²) in [6.07, 6.45) is 0. The highest BCUT2D eigenvalue weighted by Gasteiger charge is 2.12. The van der Waals surface area contributed by atoms with Crippen molar-refractivity contribution in [2.45, 2.75) is 30.7 Å². The molecule has 0 fully saturated rings. The van der Waals surface area contributed by atoms with Crippen LogP contribution in [0.1, 0.15) is 31.2 Å². The van der Waals surface area contributed by atoms with Gasteiger partial charge in [0, 0.05) is 16.1 Å². The van der Waals surface area contributed by atoms with Gasteiger partial charge >= 0.3 is 0 Å². The van der Waals surface area contributed by atoms with E-state index in [-0.39, 0.29) is 5.92 Å². The van der Waals surface area contributed by atoms with Crippen molar-refractivity contribution in [2.24, 2.45) is 0 Å². The second-order valence-corrected chi connectivity index (χ2v) is 6.14. The first-order valence-electron chi connectivity index (χ1n) is 5.65. The average molecular weight is 327 g/mol. The number of aromatic nitrogens is 3. The van der Waals surface area contributed by atoms with Crippen molar-refractivity contribution in [2.75, 3.05) is 5.84 Å². The van der Waals surface area contributed by atoms with Crippen molar-refractivity contribution in [3.63, 3.8) is 0 Å². The minimum atomic E-state index is 0.282. The number of halogens is 1. The van der Waals surface area contributed by atoms with Gasteiger partial charge in [-0.1, -0.05) is 53.7 Å². The van der Waals surface area contributed by atoms with Gasteiger partial charge in [0.1, 0.15) is 0 Å². The van der Waals surface area contributed by atoms with Crippen molar-refractivity contribution in [3.05, 3.63) is 40.1 Å². The number of benzene rings is 1. The quantitative estimate of drug-likeness (QED) is 0.692. The van der Waals surface area contributed by atoms with Crippen LogP contribution < -0.4 is 5.84 Å². The van der Waals surface area contributed by atoms with Crippen LogP contribution in [0.3, 0.4) is 0 Å². The number of thioether (sulfide) groups is 1.